The molecule has 64 valence electrons. The first-order chi connectivity index (χ1) is 5.77. The van der Waals surface area contributed by atoms with E-state index in [4.69, 9.17) is 0 Å². The largest absolute Gasteiger partial charge is 0.321 e. The molecule has 2 aliphatic heterocycles. The van der Waals surface area contributed by atoms with Gasteiger partial charge in [0, 0.05) is 26.2 Å². The van der Waals surface area contributed by atoms with Crippen molar-refractivity contribution in [3.63, 3.8) is 0 Å². The zero-order chi connectivity index (χ0) is 8.55. The maximum atomic E-state index is 11.0. The van der Waals surface area contributed by atoms with Gasteiger partial charge in [0.2, 0.25) is 5.91 Å². The number of nitrogens with one attached hydrogen (secondary N) is 2. The van der Waals surface area contributed by atoms with Gasteiger partial charge < -0.3 is 10.3 Å². The molecular weight excluding hydrogens is 154 g/mol. The summed E-state index contributed by atoms with van der Waals surface area (Å²) in [5, 5.41) is 0. The van der Waals surface area contributed by atoms with Crippen LogP contribution in [0.1, 0.15) is 6.92 Å². The van der Waals surface area contributed by atoms with Crippen molar-refractivity contribution in [1.82, 2.24) is 15.8 Å². The van der Waals surface area contributed by atoms with Crippen molar-refractivity contribution in [3.05, 3.63) is 23.5 Å². The standard InChI is InChI=1S/C8H11N3O/c1-6(12)11-3-2-8-7(5-11)4-9-10-8/h2-3,9-10H,4-5H2,1H3. The number of hydrogen-bond acceptors (Lipinski definition) is 3. The van der Waals surface area contributed by atoms with E-state index in [1.54, 1.807) is 18.0 Å². The lowest BCUT2D eigenvalue weighted by atomic mass is 10.1. The Bertz CT molecular complexity index is 280. The molecular formula is C8H11N3O. The minimum atomic E-state index is 0.0877. The summed E-state index contributed by atoms with van der Waals surface area (Å²) >= 11 is 0. The van der Waals surface area contributed by atoms with Crippen LogP contribution in [0, 0.1) is 0 Å². The predicted octanol–water partition coefficient (Wildman–Crippen LogP) is -0.276. The van der Waals surface area contributed by atoms with Crippen LogP contribution in [0.15, 0.2) is 23.5 Å². The Morgan fingerprint density at radius 2 is 2.50 bits per heavy atom. The SMILES string of the molecule is CC(=O)N1C=CC2=C(CNN2)C1. The van der Waals surface area contributed by atoms with Crippen molar-refractivity contribution in [2.75, 3.05) is 13.1 Å². The van der Waals surface area contributed by atoms with Gasteiger partial charge in [-0.2, -0.15) is 0 Å². The number of amides is 1. The minimum Gasteiger partial charge on any atom is -0.321 e. The number of rotatable bonds is 0. The summed E-state index contributed by atoms with van der Waals surface area (Å²) in [5.74, 6) is 0.0877. The van der Waals surface area contributed by atoms with E-state index in [0.29, 0.717) is 6.54 Å². The third-order valence-corrected chi connectivity index (χ3v) is 2.09. The Balaban J connectivity index is 2.15. The summed E-state index contributed by atoms with van der Waals surface area (Å²) in [6, 6.07) is 0. The maximum absolute atomic E-state index is 11.0. The summed E-state index contributed by atoms with van der Waals surface area (Å²) in [5.41, 5.74) is 8.38. The van der Waals surface area contributed by atoms with Crippen LogP contribution in [0.2, 0.25) is 0 Å². The van der Waals surface area contributed by atoms with Crippen LogP contribution >= 0.6 is 0 Å². The summed E-state index contributed by atoms with van der Waals surface area (Å²) in [6.45, 7) is 3.11. The van der Waals surface area contributed by atoms with Crippen LogP contribution in [-0.4, -0.2) is 23.9 Å². The zero-order valence-electron chi connectivity index (χ0n) is 6.92. The summed E-state index contributed by atoms with van der Waals surface area (Å²) in [7, 11) is 0. The first-order valence-corrected chi connectivity index (χ1v) is 3.93. The highest BCUT2D eigenvalue weighted by Crippen LogP contribution is 2.14. The molecule has 2 heterocycles. The Morgan fingerprint density at radius 3 is 3.25 bits per heavy atom. The molecule has 12 heavy (non-hydrogen) atoms. The van der Waals surface area contributed by atoms with Crippen LogP contribution < -0.4 is 10.9 Å². The van der Waals surface area contributed by atoms with Crippen molar-refractivity contribution in [1.29, 1.82) is 0 Å². The van der Waals surface area contributed by atoms with Crippen molar-refractivity contribution in [2.24, 2.45) is 0 Å². The molecule has 0 spiro atoms. The van der Waals surface area contributed by atoms with E-state index in [9.17, 15) is 4.79 Å². The van der Waals surface area contributed by atoms with E-state index in [2.05, 4.69) is 10.9 Å². The Labute approximate surface area is 70.9 Å². The average Bonchev–Trinajstić information content (AvgIpc) is 2.49. The smallest absolute Gasteiger partial charge is 0.223 e. The van der Waals surface area contributed by atoms with Gasteiger partial charge in [0.25, 0.3) is 0 Å². The summed E-state index contributed by atoms with van der Waals surface area (Å²) in [4.78, 5) is 12.7. The van der Waals surface area contributed by atoms with E-state index in [-0.39, 0.29) is 5.91 Å². The fourth-order valence-electron chi connectivity index (χ4n) is 1.37. The molecule has 0 aliphatic carbocycles. The van der Waals surface area contributed by atoms with E-state index < -0.39 is 0 Å². The minimum absolute atomic E-state index is 0.0877. The molecule has 1 amide bonds. The van der Waals surface area contributed by atoms with Gasteiger partial charge in [0.1, 0.15) is 0 Å². The number of nitrogens with zero attached hydrogens (tertiary/aromatic N) is 1. The van der Waals surface area contributed by atoms with E-state index in [1.165, 1.54) is 5.57 Å². The second-order valence-corrected chi connectivity index (χ2v) is 2.96. The van der Waals surface area contributed by atoms with E-state index in [1.807, 2.05) is 6.08 Å². The first-order valence-electron chi connectivity index (χ1n) is 3.93. The van der Waals surface area contributed by atoms with Gasteiger partial charge in [0.05, 0.1) is 5.70 Å². The van der Waals surface area contributed by atoms with E-state index >= 15 is 0 Å². The highest BCUT2D eigenvalue weighted by molar-refractivity contribution is 5.75. The van der Waals surface area contributed by atoms with Gasteiger partial charge in [0.15, 0.2) is 0 Å². The van der Waals surface area contributed by atoms with Crippen LogP contribution in [0.5, 0.6) is 0 Å². The van der Waals surface area contributed by atoms with Crippen molar-refractivity contribution < 1.29 is 4.79 Å². The van der Waals surface area contributed by atoms with Crippen LogP contribution in [0.3, 0.4) is 0 Å². The highest BCUT2D eigenvalue weighted by Gasteiger charge is 2.19. The molecule has 4 heteroatoms. The fraction of sp³-hybridized carbons (Fsp3) is 0.375. The Morgan fingerprint density at radius 1 is 1.67 bits per heavy atom. The van der Waals surface area contributed by atoms with Crippen molar-refractivity contribution in [3.8, 4) is 0 Å². The molecule has 4 nitrogen and oxygen atoms in total. The number of allylic oxidation sites excluding steroid dienone is 1. The van der Waals surface area contributed by atoms with Crippen LogP contribution in [0.25, 0.3) is 0 Å². The molecule has 0 radical (unpaired) electrons. The molecule has 0 aromatic carbocycles. The zero-order valence-corrected chi connectivity index (χ0v) is 6.92. The average molecular weight is 165 g/mol. The van der Waals surface area contributed by atoms with Gasteiger partial charge in [-0.25, -0.2) is 5.43 Å². The van der Waals surface area contributed by atoms with Gasteiger partial charge >= 0.3 is 0 Å². The second kappa shape index (κ2) is 2.64. The molecule has 0 aromatic rings. The lowest BCUT2D eigenvalue weighted by Crippen LogP contribution is -2.28. The van der Waals surface area contributed by atoms with Crippen LogP contribution in [0.4, 0.5) is 0 Å². The first kappa shape index (κ1) is 7.36. The van der Waals surface area contributed by atoms with Gasteiger partial charge in [-0.3, -0.25) is 4.79 Å². The quantitative estimate of drug-likeness (QED) is 0.519. The molecule has 0 saturated carbocycles. The molecule has 2 aliphatic rings. The van der Waals surface area contributed by atoms with Gasteiger partial charge in [-0.15, -0.1) is 0 Å². The lowest BCUT2D eigenvalue weighted by molar-refractivity contribution is -0.126. The van der Waals surface area contributed by atoms with Gasteiger partial charge in [-0.05, 0) is 11.6 Å². The Kier molecular flexibility index (Phi) is 1.62. The predicted molar refractivity (Wildman–Crippen MR) is 44.7 cm³/mol. The lowest BCUT2D eigenvalue weighted by Gasteiger charge is -2.20. The molecule has 0 atom stereocenters. The summed E-state index contributed by atoms with van der Waals surface area (Å²) < 4.78 is 0. The molecule has 0 saturated heterocycles. The van der Waals surface area contributed by atoms with Crippen molar-refractivity contribution >= 4 is 5.91 Å². The van der Waals surface area contributed by atoms with Gasteiger partial charge in [-0.1, -0.05) is 0 Å². The normalized spacial score (nSPS) is 20.9. The maximum Gasteiger partial charge on any atom is 0.223 e. The second-order valence-electron chi connectivity index (χ2n) is 2.96. The highest BCUT2D eigenvalue weighted by atomic mass is 16.2. The fourth-order valence-corrected chi connectivity index (χ4v) is 1.37. The molecule has 2 rings (SSSR count). The number of hydrogen-bond donors (Lipinski definition) is 2. The van der Waals surface area contributed by atoms with Crippen molar-refractivity contribution in [2.45, 2.75) is 6.92 Å². The molecule has 0 bridgehead atoms. The Hall–Kier alpha value is -1.29. The number of carbonyl (C=O) groups excluding carboxylic acids is 1. The molecule has 2 N–H and O–H groups in total. The van der Waals surface area contributed by atoms with Crippen LogP contribution in [-0.2, 0) is 4.79 Å². The van der Waals surface area contributed by atoms with E-state index in [0.717, 1.165) is 12.2 Å². The number of carbonyl (C=O) groups is 1. The number of hydrazine groups is 1. The topological polar surface area (TPSA) is 44.4 Å². The third kappa shape index (κ3) is 1.10. The molecule has 0 aromatic heterocycles. The third-order valence-electron chi connectivity index (χ3n) is 2.09. The summed E-state index contributed by atoms with van der Waals surface area (Å²) in [6.07, 6.45) is 3.72. The molecule has 0 unspecified atom stereocenters. The monoisotopic (exact) mass is 165 g/mol. The molecule has 0 fully saturated rings.